The van der Waals surface area contributed by atoms with E-state index in [2.05, 4.69) is 24.3 Å². The van der Waals surface area contributed by atoms with Crippen LogP contribution in [0.1, 0.15) is 33.1 Å². The van der Waals surface area contributed by atoms with Crippen LogP contribution < -0.4 is 5.32 Å². The minimum Gasteiger partial charge on any atom is -0.368 e. The summed E-state index contributed by atoms with van der Waals surface area (Å²) in [4.78, 5) is 0. The van der Waals surface area contributed by atoms with E-state index in [9.17, 15) is 0 Å². The van der Waals surface area contributed by atoms with Crippen LogP contribution in [0.15, 0.2) is 12.3 Å². The molecule has 0 aliphatic carbocycles. The van der Waals surface area contributed by atoms with E-state index >= 15 is 0 Å². The average Bonchev–Trinajstić information content (AvgIpc) is 2.51. The van der Waals surface area contributed by atoms with Crippen molar-refractivity contribution in [1.29, 1.82) is 0 Å². The smallest absolute Gasteiger partial charge is 0.124 e. The first-order valence-electron chi connectivity index (χ1n) is 5.02. The molecule has 1 unspecified atom stereocenters. The first kappa shape index (κ1) is 10.1. The topological polar surface area (TPSA) is 29.9 Å². The summed E-state index contributed by atoms with van der Waals surface area (Å²) in [5.74, 6) is 1.11. The number of rotatable bonds is 5. The Bertz CT molecular complexity index is 242. The molecule has 0 spiro atoms. The monoisotopic (exact) mass is 181 g/mol. The minimum atomic E-state index is 0.584. The van der Waals surface area contributed by atoms with Crippen molar-refractivity contribution in [3.63, 3.8) is 0 Å². The molecule has 1 heterocycles. The van der Waals surface area contributed by atoms with Crippen LogP contribution in [0.2, 0.25) is 0 Å². The first-order chi connectivity index (χ1) is 6.27. The Hall–Kier alpha value is -0.990. The van der Waals surface area contributed by atoms with Crippen LogP contribution in [-0.2, 0) is 7.05 Å². The van der Waals surface area contributed by atoms with Crippen molar-refractivity contribution < 1.29 is 0 Å². The van der Waals surface area contributed by atoms with Gasteiger partial charge in [-0.2, -0.15) is 5.10 Å². The van der Waals surface area contributed by atoms with Crippen molar-refractivity contribution in [2.75, 3.05) is 5.32 Å². The third-order valence-corrected chi connectivity index (χ3v) is 2.30. The summed E-state index contributed by atoms with van der Waals surface area (Å²) >= 11 is 0. The third-order valence-electron chi connectivity index (χ3n) is 2.30. The second kappa shape index (κ2) is 4.90. The molecule has 74 valence electrons. The van der Waals surface area contributed by atoms with Gasteiger partial charge in [-0.1, -0.05) is 20.3 Å². The van der Waals surface area contributed by atoms with Gasteiger partial charge in [0, 0.05) is 19.2 Å². The SMILES string of the molecule is CCCC(CC)Nc1ccnn1C. The molecule has 1 N–H and O–H groups in total. The molecule has 0 bridgehead atoms. The predicted molar refractivity (Wildman–Crippen MR) is 55.8 cm³/mol. The van der Waals surface area contributed by atoms with Crippen molar-refractivity contribution in [3.05, 3.63) is 12.3 Å². The van der Waals surface area contributed by atoms with E-state index in [4.69, 9.17) is 0 Å². The van der Waals surface area contributed by atoms with Crippen molar-refractivity contribution >= 4 is 5.82 Å². The fourth-order valence-electron chi connectivity index (χ4n) is 1.45. The Labute approximate surface area is 80.1 Å². The van der Waals surface area contributed by atoms with E-state index < -0.39 is 0 Å². The van der Waals surface area contributed by atoms with Crippen molar-refractivity contribution in [2.24, 2.45) is 7.05 Å². The van der Waals surface area contributed by atoms with Gasteiger partial charge in [0.1, 0.15) is 5.82 Å². The summed E-state index contributed by atoms with van der Waals surface area (Å²) in [6, 6.07) is 2.60. The van der Waals surface area contributed by atoms with Crippen molar-refractivity contribution in [3.8, 4) is 0 Å². The highest BCUT2D eigenvalue weighted by Crippen LogP contribution is 2.10. The number of hydrogen-bond donors (Lipinski definition) is 1. The quantitative estimate of drug-likeness (QED) is 0.756. The van der Waals surface area contributed by atoms with Crippen LogP contribution in [0.4, 0.5) is 5.82 Å². The third kappa shape index (κ3) is 2.76. The lowest BCUT2D eigenvalue weighted by atomic mass is 10.1. The van der Waals surface area contributed by atoms with Gasteiger partial charge in [0.05, 0.1) is 6.20 Å². The number of hydrogen-bond acceptors (Lipinski definition) is 2. The largest absolute Gasteiger partial charge is 0.368 e. The molecule has 0 aliphatic rings. The molecule has 3 heteroatoms. The lowest BCUT2D eigenvalue weighted by molar-refractivity contribution is 0.612. The number of nitrogens with one attached hydrogen (secondary N) is 1. The van der Waals surface area contributed by atoms with Crippen LogP contribution in [0, 0.1) is 0 Å². The molecule has 0 fully saturated rings. The molecule has 0 saturated heterocycles. The summed E-state index contributed by atoms with van der Waals surface area (Å²) in [5.41, 5.74) is 0. The second-order valence-corrected chi connectivity index (χ2v) is 3.38. The number of nitrogens with zero attached hydrogens (tertiary/aromatic N) is 2. The Morgan fingerprint density at radius 3 is 2.77 bits per heavy atom. The molecule has 0 amide bonds. The highest BCUT2D eigenvalue weighted by Gasteiger charge is 2.06. The maximum absolute atomic E-state index is 4.12. The van der Waals surface area contributed by atoms with Gasteiger partial charge in [-0.25, -0.2) is 0 Å². The first-order valence-corrected chi connectivity index (χ1v) is 5.02. The Balaban J connectivity index is 2.51. The molecular weight excluding hydrogens is 162 g/mol. The molecule has 1 rings (SSSR count). The minimum absolute atomic E-state index is 0.584. The Kier molecular flexibility index (Phi) is 3.80. The fourth-order valence-corrected chi connectivity index (χ4v) is 1.45. The van der Waals surface area contributed by atoms with E-state index in [1.165, 1.54) is 19.3 Å². The molecule has 0 aromatic carbocycles. The Morgan fingerprint density at radius 1 is 1.54 bits per heavy atom. The van der Waals surface area contributed by atoms with Gasteiger partial charge in [0.25, 0.3) is 0 Å². The highest BCUT2D eigenvalue weighted by atomic mass is 15.3. The number of anilines is 1. The van der Waals surface area contributed by atoms with E-state index in [0.29, 0.717) is 6.04 Å². The van der Waals surface area contributed by atoms with Crippen molar-refractivity contribution in [2.45, 2.75) is 39.2 Å². The van der Waals surface area contributed by atoms with Crippen LogP contribution in [0.3, 0.4) is 0 Å². The summed E-state index contributed by atoms with van der Waals surface area (Å²) < 4.78 is 1.87. The van der Waals surface area contributed by atoms with Crippen molar-refractivity contribution in [1.82, 2.24) is 9.78 Å². The second-order valence-electron chi connectivity index (χ2n) is 3.38. The van der Waals surface area contributed by atoms with Gasteiger partial charge < -0.3 is 5.32 Å². The molecule has 1 atom stereocenters. The normalized spacial score (nSPS) is 12.8. The molecular formula is C10H19N3. The average molecular weight is 181 g/mol. The lowest BCUT2D eigenvalue weighted by Gasteiger charge is -2.16. The fraction of sp³-hybridized carbons (Fsp3) is 0.700. The zero-order chi connectivity index (χ0) is 9.68. The van der Waals surface area contributed by atoms with Gasteiger partial charge in [0.15, 0.2) is 0 Å². The van der Waals surface area contributed by atoms with Gasteiger partial charge in [-0.15, -0.1) is 0 Å². The molecule has 0 saturated carbocycles. The van der Waals surface area contributed by atoms with Crippen LogP contribution in [-0.4, -0.2) is 15.8 Å². The summed E-state index contributed by atoms with van der Waals surface area (Å²) in [6.07, 6.45) is 5.44. The molecule has 13 heavy (non-hydrogen) atoms. The van der Waals surface area contributed by atoms with Crippen LogP contribution >= 0.6 is 0 Å². The molecule has 0 radical (unpaired) electrons. The summed E-state index contributed by atoms with van der Waals surface area (Å²) in [5, 5.41) is 7.60. The number of aromatic nitrogens is 2. The van der Waals surface area contributed by atoms with Gasteiger partial charge in [-0.05, 0) is 12.8 Å². The highest BCUT2D eigenvalue weighted by molar-refractivity contribution is 5.34. The zero-order valence-corrected chi connectivity index (χ0v) is 8.75. The van der Waals surface area contributed by atoms with Gasteiger partial charge >= 0.3 is 0 Å². The van der Waals surface area contributed by atoms with Gasteiger partial charge in [-0.3, -0.25) is 4.68 Å². The molecule has 3 nitrogen and oxygen atoms in total. The molecule has 1 aromatic heterocycles. The lowest BCUT2D eigenvalue weighted by Crippen LogP contribution is -2.19. The summed E-state index contributed by atoms with van der Waals surface area (Å²) in [7, 11) is 1.96. The van der Waals surface area contributed by atoms with Gasteiger partial charge in [0.2, 0.25) is 0 Å². The zero-order valence-electron chi connectivity index (χ0n) is 8.75. The van der Waals surface area contributed by atoms with E-state index in [1.54, 1.807) is 0 Å². The maximum Gasteiger partial charge on any atom is 0.124 e. The molecule has 1 aromatic rings. The van der Waals surface area contributed by atoms with Crippen LogP contribution in [0.5, 0.6) is 0 Å². The number of aryl methyl sites for hydroxylation is 1. The van der Waals surface area contributed by atoms with Crippen LogP contribution in [0.25, 0.3) is 0 Å². The van der Waals surface area contributed by atoms with E-state index in [1.807, 2.05) is 24.0 Å². The van der Waals surface area contributed by atoms with E-state index in [-0.39, 0.29) is 0 Å². The maximum atomic E-state index is 4.12. The standard InChI is InChI=1S/C10H19N3/c1-4-6-9(5-2)12-10-7-8-11-13(10)3/h7-9,12H,4-6H2,1-3H3. The molecule has 0 aliphatic heterocycles. The summed E-state index contributed by atoms with van der Waals surface area (Å²) in [6.45, 7) is 4.43. The predicted octanol–water partition coefficient (Wildman–Crippen LogP) is 2.41. The Morgan fingerprint density at radius 2 is 2.31 bits per heavy atom. The van der Waals surface area contributed by atoms with E-state index in [0.717, 1.165) is 5.82 Å².